The van der Waals surface area contributed by atoms with Gasteiger partial charge in [0.1, 0.15) is 0 Å². The smallest absolute Gasteiger partial charge is 0.253 e. The fourth-order valence-corrected chi connectivity index (χ4v) is 3.71. The molecule has 3 rings (SSSR count). The van der Waals surface area contributed by atoms with Crippen molar-refractivity contribution in [3.05, 3.63) is 29.6 Å². The highest BCUT2D eigenvalue weighted by Gasteiger charge is 2.29. The Kier molecular flexibility index (Phi) is 6.02. The van der Waals surface area contributed by atoms with Crippen molar-refractivity contribution in [1.82, 2.24) is 14.8 Å². The van der Waals surface area contributed by atoms with Gasteiger partial charge in [0.15, 0.2) is 0 Å². The summed E-state index contributed by atoms with van der Waals surface area (Å²) >= 11 is 0. The van der Waals surface area contributed by atoms with Crippen molar-refractivity contribution < 1.29 is 14.3 Å². The summed E-state index contributed by atoms with van der Waals surface area (Å²) < 4.78 is 5.06. The topological polar surface area (TPSA) is 62.7 Å². The highest BCUT2D eigenvalue weighted by atomic mass is 16.5. The monoisotopic (exact) mass is 345 g/mol. The molecular weight excluding hydrogens is 318 g/mol. The van der Waals surface area contributed by atoms with E-state index in [1.54, 1.807) is 19.4 Å². The first-order valence-electron chi connectivity index (χ1n) is 9.18. The molecule has 0 aliphatic carbocycles. The Bertz CT molecular complexity index is 614. The summed E-state index contributed by atoms with van der Waals surface area (Å²) in [5, 5.41) is 0. The summed E-state index contributed by atoms with van der Waals surface area (Å²) in [6, 6.07) is 3.70. The summed E-state index contributed by atoms with van der Waals surface area (Å²) in [7, 11) is 1.65. The maximum Gasteiger partial charge on any atom is 0.253 e. The van der Waals surface area contributed by atoms with E-state index in [9.17, 15) is 9.59 Å². The summed E-state index contributed by atoms with van der Waals surface area (Å²) in [5.74, 6) is 0.548. The Balaban J connectivity index is 1.60. The number of methoxy groups -OCH3 is 1. The minimum absolute atomic E-state index is 0.104. The normalized spacial score (nSPS) is 21.0. The van der Waals surface area contributed by atoms with Crippen molar-refractivity contribution in [2.75, 3.05) is 39.9 Å². The number of likely N-dealkylation sites (tertiary alicyclic amines) is 2. The van der Waals surface area contributed by atoms with Crippen molar-refractivity contribution in [3.63, 3.8) is 0 Å². The Hall–Kier alpha value is -1.95. The van der Waals surface area contributed by atoms with Gasteiger partial charge >= 0.3 is 0 Å². The Labute approximate surface area is 149 Å². The van der Waals surface area contributed by atoms with Crippen molar-refractivity contribution in [2.24, 2.45) is 5.92 Å². The molecule has 1 unspecified atom stereocenters. The largest absolute Gasteiger partial charge is 0.383 e. The van der Waals surface area contributed by atoms with Gasteiger partial charge in [-0.1, -0.05) is 0 Å². The molecule has 1 atom stereocenters. The maximum absolute atomic E-state index is 12.6. The lowest BCUT2D eigenvalue weighted by Crippen LogP contribution is -2.35. The molecule has 3 heterocycles. The molecule has 2 amide bonds. The number of hydrogen-bond acceptors (Lipinski definition) is 4. The zero-order chi connectivity index (χ0) is 17.6. The number of ether oxygens (including phenoxy) is 1. The molecule has 25 heavy (non-hydrogen) atoms. The number of hydrogen-bond donors (Lipinski definition) is 0. The van der Waals surface area contributed by atoms with Gasteiger partial charge in [0.2, 0.25) is 5.91 Å². The van der Waals surface area contributed by atoms with Gasteiger partial charge in [0.05, 0.1) is 6.61 Å². The predicted octanol–water partition coefficient (Wildman–Crippen LogP) is 1.75. The molecule has 0 saturated carbocycles. The molecule has 0 radical (unpaired) electrons. The van der Waals surface area contributed by atoms with Crippen molar-refractivity contribution >= 4 is 11.8 Å². The summed E-state index contributed by atoms with van der Waals surface area (Å²) in [6.07, 6.45) is 6.38. The van der Waals surface area contributed by atoms with Crippen LogP contribution in [-0.2, 0) is 16.0 Å². The lowest BCUT2D eigenvalue weighted by Gasteiger charge is -2.26. The molecule has 0 bridgehead atoms. The molecule has 6 heteroatoms. The first kappa shape index (κ1) is 17.9. The van der Waals surface area contributed by atoms with E-state index in [-0.39, 0.29) is 17.7 Å². The third-order valence-electron chi connectivity index (χ3n) is 5.06. The van der Waals surface area contributed by atoms with Crippen LogP contribution in [0.1, 0.15) is 41.7 Å². The van der Waals surface area contributed by atoms with Gasteiger partial charge < -0.3 is 14.5 Å². The van der Waals surface area contributed by atoms with E-state index in [2.05, 4.69) is 4.98 Å². The third kappa shape index (κ3) is 4.57. The molecule has 2 aliphatic rings. The van der Waals surface area contributed by atoms with Gasteiger partial charge in [-0.25, -0.2) is 0 Å². The molecule has 6 nitrogen and oxygen atoms in total. The molecule has 2 fully saturated rings. The van der Waals surface area contributed by atoms with Gasteiger partial charge in [-0.2, -0.15) is 0 Å². The minimum Gasteiger partial charge on any atom is -0.383 e. The zero-order valence-corrected chi connectivity index (χ0v) is 14.9. The van der Waals surface area contributed by atoms with Crippen LogP contribution >= 0.6 is 0 Å². The van der Waals surface area contributed by atoms with Crippen molar-refractivity contribution in [1.29, 1.82) is 0 Å². The molecule has 0 N–H and O–H groups in total. The number of nitrogens with zero attached hydrogens (tertiary/aromatic N) is 3. The number of pyridine rings is 1. The van der Waals surface area contributed by atoms with Crippen LogP contribution in [0.4, 0.5) is 0 Å². The summed E-state index contributed by atoms with van der Waals surface area (Å²) in [6.45, 7) is 3.65. The van der Waals surface area contributed by atoms with Crippen LogP contribution in [0.3, 0.4) is 0 Å². The molecule has 136 valence electrons. The minimum atomic E-state index is 0.104. The Morgan fingerprint density at radius 2 is 2.12 bits per heavy atom. The van der Waals surface area contributed by atoms with Gasteiger partial charge in [-0.05, 0) is 43.7 Å². The quantitative estimate of drug-likeness (QED) is 0.788. The fraction of sp³-hybridized carbons (Fsp3) is 0.632. The lowest BCUT2D eigenvalue weighted by atomic mass is 10.0. The van der Waals surface area contributed by atoms with Crippen LogP contribution in [0.2, 0.25) is 0 Å². The van der Waals surface area contributed by atoms with E-state index >= 15 is 0 Å². The molecule has 2 saturated heterocycles. The van der Waals surface area contributed by atoms with Crippen LogP contribution in [0, 0.1) is 5.92 Å². The van der Waals surface area contributed by atoms with E-state index < -0.39 is 0 Å². The molecule has 0 spiro atoms. The summed E-state index contributed by atoms with van der Waals surface area (Å²) in [5.41, 5.74) is 1.61. The SMILES string of the molecule is COCCN1CC(Cc2cc(C(=O)N3CCCCC3)ccn2)CC1=O. The van der Waals surface area contributed by atoms with Gasteiger partial charge in [0.25, 0.3) is 5.91 Å². The Morgan fingerprint density at radius 1 is 1.32 bits per heavy atom. The number of piperidine rings is 1. The lowest BCUT2D eigenvalue weighted by molar-refractivity contribution is -0.128. The van der Waals surface area contributed by atoms with Crippen LogP contribution < -0.4 is 0 Å². The van der Waals surface area contributed by atoms with Gasteiger partial charge in [-0.3, -0.25) is 14.6 Å². The number of carbonyl (C=O) groups is 2. The first-order chi connectivity index (χ1) is 12.2. The first-order valence-corrected chi connectivity index (χ1v) is 9.18. The number of rotatable bonds is 6. The molecule has 1 aromatic heterocycles. The fourth-order valence-electron chi connectivity index (χ4n) is 3.71. The van der Waals surface area contributed by atoms with E-state index in [4.69, 9.17) is 4.74 Å². The van der Waals surface area contributed by atoms with Crippen LogP contribution in [0.25, 0.3) is 0 Å². The predicted molar refractivity (Wildman–Crippen MR) is 94.3 cm³/mol. The van der Waals surface area contributed by atoms with E-state index in [1.165, 1.54) is 6.42 Å². The van der Waals surface area contributed by atoms with Crippen LogP contribution in [0.15, 0.2) is 18.3 Å². The summed E-state index contributed by atoms with van der Waals surface area (Å²) in [4.78, 5) is 32.9. The zero-order valence-electron chi connectivity index (χ0n) is 14.9. The molecule has 0 aromatic carbocycles. The maximum atomic E-state index is 12.6. The van der Waals surface area contributed by atoms with Crippen LogP contribution in [-0.4, -0.2) is 66.5 Å². The van der Waals surface area contributed by atoms with E-state index in [1.807, 2.05) is 15.9 Å². The van der Waals surface area contributed by atoms with Gasteiger partial charge in [0, 0.05) is 57.2 Å². The van der Waals surface area contributed by atoms with Gasteiger partial charge in [-0.15, -0.1) is 0 Å². The average molecular weight is 345 g/mol. The van der Waals surface area contributed by atoms with Crippen molar-refractivity contribution in [2.45, 2.75) is 32.1 Å². The van der Waals surface area contributed by atoms with E-state index in [0.29, 0.717) is 25.1 Å². The second kappa shape index (κ2) is 8.43. The average Bonchev–Trinajstić information content (AvgIpc) is 2.99. The highest BCUT2D eigenvalue weighted by Crippen LogP contribution is 2.22. The number of carbonyl (C=O) groups excluding carboxylic acids is 2. The number of amides is 2. The Morgan fingerprint density at radius 3 is 2.88 bits per heavy atom. The standard InChI is InChI=1S/C19H27N3O3/c1-25-10-9-22-14-15(12-18(22)23)11-17-13-16(5-6-20-17)19(24)21-7-3-2-4-8-21/h5-6,13,15H,2-4,7-12,14H2,1H3. The highest BCUT2D eigenvalue weighted by molar-refractivity contribution is 5.94. The second-order valence-electron chi connectivity index (χ2n) is 7.00. The second-order valence-corrected chi connectivity index (χ2v) is 7.00. The number of aromatic nitrogens is 1. The van der Waals surface area contributed by atoms with Crippen molar-refractivity contribution in [3.8, 4) is 0 Å². The third-order valence-corrected chi connectivity index (χ3v) is 5.06. The molecule has 1 aromatic rings. The molecule has 2 aliphatic heterocycles. The van der Waals surface area contributed by atoms with E-state index in [0.717, 1.165) is 44.6 Å². The molecular formula is C19H27N3O3. The van der Waals surface area contributed by atoms with Crippen LogP contribution in [0.5, 0.6) is 0 Å².